The van der Waals surface area contributed by atoms with Gasteiger partial charge in [0, 0.05) is 102 Å². The average Bonchev–Trinajstić information content (AvgIpc) is 1.57. The van der Waals surface area contributed by atoms with Gasteiger partial charge in [-0.25, -0.2) is 31.8 Å². The third-order valence-corrected chi connectivity index (χ3v) is 21.0. The number of aromatic nitrogens is 6. The zero-order valence-corrected chi connectivity index (χ0v) is 66.8. The predicted octanol–water partition coefficient (Wildman–Crippen LogP) is 18.7. The average molecular weight is 1710 g/mol. The summed E-state index contributed by atoms with van der Waals surface area (Å²) in [5.74, 6) is 0.145. The van der Waals surface area contributed by atoms with E-state index in [1.165, 1.54) is 82.0 Å². The minimum atomic E-state index is -4.58. The molecule has 122 heavy (non-hydrogen) atoms. The molecule has 0 bridgehead atoms. The number of fused-ring (bicyclic) bond motifs is 3. The van der Waals surface area contributed by atoms with E-state index in [1.807, 2.05) is 24.3 Å². The molecule has 0 saturated carbocycles. The van der Waals surface area contributed by atoms with Crippen LogP contribution in [0.25, 0.3) is 67.3 Å². The molecule has 12 aromatic carbocycles. The van der Waals surface area contributed by atoms with Crippen LogP contribution < -0.4 is 46.1 Å². The molecule has 6 amide bonds. The summed E-state index contributed by atoms with van der Waals surface area (Å²) in [5.41, 5.74) is 8.58. The fourth-order valence-corrected chi connectivity index (χ4v) is 13.6. The lowest BCUT2D eigenvalue weighted by molar-refractivity contribution is -0.138. The first-order chi connectivity index (χ1) is 58.1. The zero-order chi connectivity index (χ0) is 87.0. The fourth-order valence-electron chi connectivity index (χ4n) is 12.2. The number of anilines is 6. The van der Waals surface area contributed by atoms with Crippen molar-refractivity contribution >= 4 is 134 Å². The van der Waals surface area contributed by atoms with Crippen LogP contribution in [0.15, 0.2) is 271 Å². The van der Waals surface area contributed by atoms with Gasteiger partial charge in [-0.05, 0) is 249 Å². The number of methoxy groups -OCH3 is 3. The predicted molar refractivity (Wildman–Crippen MR) is 452 cm³/mol. The molecule has 618 valence electrons. The molecule has 0 radical (unpaired) electrons. The Hall–Kier alpha value is -15.0. The maximum atomic E-state index is 13.0. The van der Waals surface area contributed by atoms with E-state index in [9.17, 15) is 71.9 Å². The van der Waals surface area contributed by atoms with E-state index in [0.717, 1.165) is 71.1 Å². The van der Waals surface area contributed by atoms with Crippen molar-refractivity contribution in [3.63, 3.8) is 0 Å². The molecule has 0 aliphatic rings. The van der Waals surface area contributed by atoms with Gasteiger partial charge in [-0.15, -0.1) is 0 Å². The first kappa shape index (κ1) is 84.9. The summed E-state index contributed by atoms with van der Waals surface area (Å²) in [7, 11) is -2.21. The normalized spacial score (nSPS) is 11.4. The molecule has 0 spiro atoms. The number of sulfone groups is 2. The van der Waals surface area contributed by atoms with E-state index in [-0.39, 0.29) is 44.5 Å². The molecule has 9 N–H and O–H groups in total. The topological polar surface area (TPSA) is 357 Å². The van der Waals surface area contributed by atoms with Crippen molar-refractivity contribution < 1.29 is 86.2 Å². The van der Waals surface area contributed by atoms with E-state index < -0.39 is 55.0 Å². The Morgan fingerprint density at radius 1 is 0.328 bits per heavy atom. The maximum absolute atomic E-state index is 13.0. The van der Waals surface area contributed by atoms with Gasteiger partial charge in [-0.2, -0.15) is 26.3 Å². The molecule has 0 aliphatic heterocycles. The molecule has 15 rings (SSSR count). The highest BCUT2D eigenvalue weighted by atomic mass is 35.5. The van der Waals surface area contributed by atoms with Crippen molar-refractivity contribution in [2.75, 3.05) is 65.7 Å². The Balaban J connectivity index is 0.000000158. The van der Waals surface area contributed by atoms with Crippen molar-refractivity contribution in [1.82, 2.24) is 29.9 Å². The highest BCUT2D eigenvalue weighted by molar-refractivity contribution is 7.91. The number of benzene rings is 12. The molecule has 0 aliphatic carbocycles. The number of hydrogen-bond acceptors (Lipinski definition) is 16. The van der Waals surface area contributed by atoms with Crippen LogP contribution in [-0.4, -0.2) is 116 Å². The molecule has 0 unspecified atom stereocenters. The molecule has 25 nitrogen and oxygen atoms in total. The van der Waals surface area contributed by atoms with Gasteiger partial charge < -0.3 is 61.1 Å². The minimum absolute atomic E-state index is 0.136. The number of nitrogens with zero attached hydrogens (tertiary/aromatic N) is 3. The van der Waals surface area contributed by atoms with E-state index in [2.05, 4.69) is 61.8 Å². The molecular weight excluding hydrogens is 1650 g/mol. The van der Waals surface area contributed by atoms with Gasteiger partial charge in [0.25, 0.3) is 35.4 Å². The van der Waals surface area contributed by atoms with Crippen LogP contribution in [0.4, 0.5) is 60.5 Å². The van der Waals surface area contributed by atoms with Gasteiger partial charge in [0.15, 0.2) is 31.2 Å². The van der Waals surface area contributed by atoms with Gasteiger partial charge >= 0.3 is 12.4 Å². The molecule has 15 aromatic rings. The highest BCUT2D eigenvalue weighted by Crippen LogP contribution is 2.40. The number of ether oxygens (including phenoxy) is 3. The van der Waals surface area contributed by atoms with Crippen molar-refractivity contribution in [2.45, 2.75) is 22.1 Å². The highest BCUT2D eigenvalue weighted by Gasteiger charge is 2.32. The quantitative estimate of drug-likeness (QED) is 0.0320. The standard InChI is InChI=1S/C30H25ClN4O5.C29H18F6N4O2.C29H24N4O6S2/c1-38-25-14-19(15-26(39-2)27(25)40-3)30(37)33-22-12-13-23-24(16-22)35-28(34-23)17-6-10-21(11-7-17)32-29(36)18-4-8-20(31)9-5-18;30-28(31,32)19-5-1-3-17(13-19)26(40)36-21-9-7-16(8-10-21)25-38-23-12-11-22(15-24(23)39-25)37-27(41)18-4-2-6-20(14-18)29(33,34)35;1-40(36,37)23-12-5-19(6-13-23)28(34)30-21-9-3-18(4-10-21)27-32-25-16-11-22(17-26(25)33-27)31-29(35)20-7-14-24(15-8-20)41(2,38)39/h4-16H,1-3H3,(H,32,36)(H,33,37)(H,34,35);1-15H,(H,36,40)(H,37,41)(H,38,39);3-17H,1-2H3,(H,30,34)(H,31,35)(H,32,33). The Bertz CT molecular complexity index is 6730. The molecule has 0 saturated heterocycles. The Morgan fingerprint density at radius 3 is 0.893 bits per heavy atom. The second-order valence-corrected chi connectivity index (χ2v) is 31.5. The number of imidazole rings is 3. The summed E-state index contributed by atoms with van der Waals surface area (Å²) in [6.45, 7) is 0. The zero-order valence-electron chi connectivity index (χ0n) is 64.4. The number of carbonyl (C=O) groups excluding carboxylic acids is 6. The van der Waals surface area contributed by atoms with Crippen LogP contribution in [0.3, 0.4) is 0 Å². The van der Waals surface area contributed by atoms with Crippen molar-refractivity contribution in [2.24, 2.45) is 0 Å². The number of amides is 6. The summed E-state index contributed by atoms with van der Waals surface area (Å²) >= 11 is 5.90. The van der Waals surface area contributed by atoms with Gasteiger partial charge in [-0.1, -0.05) is 23.7 Å². The minimum Gasteiger partial charge on any atom is -0.493 e. The smallest absolute Gasteiger partial charge is 0.416 e. The maximum Gasteiger partial charge on any atom is 0.416 e. The summed E-state index contributed by atoms with van der Waals surface area (Å²) in [6, 6.07) is 65.7. The molecule has 0 atom stereocenters. The van der Waals surface area contributed by atoms with E-state index in [1.54, 1.807) is 140 Å². The van der Waals surface area contributed by atoms with Crippen molar-refractivity contribution in [3.05, 3.63) is 310 Å². The summed E-state index contributed by atoms with van der Waals surface area (Å²) in [6.07, 6.45) is -6.93. The van der Waals surface area contributed by atoms with Gasteiger partial charge in [0.2, 0.25) is 5.75 Å². The molecule has 34 heteroatoms. The fraction of sp³-hybridized carbons (Fsp3) is 0.0795. The number of carbonyl (C=O) groups is 6. The van der Waals surface area contributed by atoms with Crippen LogP contribution >= 0.6 is 11.6 Å². The SMILES string of the molecule is COc1cc(C(=O)Nc2ccc3nc(-c4ccc(NC(=O)c5ccc(Cl)cc5)cc4)[nH]c3c2)cc(OC)c1OC.CS(=O)(=O)c1ccc(C(=O)Nc2ccc(-c3nc4ccc(NC(=O)c5ccc(S(C)(=O)=O)cc5)cc4[nH]3)cc2)cc1.O=C(Nc1ccc(-c2nc3ccc(NC(=O)c4cccc(C(F)(F)F)c4)cc3[nH]2)cc1)c1cccc(C(F)(F)F)c1. The van der Waals surface area contributed by atoms with Crippen LogP contribution in [-0.2, 0) is 32.0 Å². The lowest BCUT2D eigenvalue weighted by Gasteiger charge is -2.14. The third kappa shape index (κ3) is 20.8. The van der Waals surface area contributed by atoms with E-state index in [4.69, 9.17) is 25.8 Å². The number of rotatable bonds is 20. The van der Waals surface area contributed by atoms with E-state index in [0.29, 0.717) is 124 Å². The number of halogens is 7. The van der Waals surface area contributed by atoms with Crippen LogP contribution in [0.2, 0.25) is 5.02 Å². The second kappa shape index (κ2) is 35.7. The number of hydrogen-bond donors (Lipinski definition) is 9. The number of alkyl halides is 6. The van der Waals surface area contributed by atoms with Crippen LogP contribution in [0.5, 0.6) is 17.2 Å². The van der Waals surface area contributed by atoms with E-state index >= 15 is 0 Å². The first-order valence-electron chi connectivity index (χ1n) is 36.3. The largest absolute Gasteiger partial charge is 0.493 e. The lowest BCUT2D eigenvalue weighted by Crippen LogP contribution is -2.13. The second-order valence-electron chi connectivity index (χ2n) is 27.1. The molecule has 3 heterocycles. The van der Waals surface area contributed by atoms with Gasteiger partial charge in [0.1, 0.15) is 17.5 Å². The first-order valence-corrected chi connectivity index (χ1v) is 40.5. The molecule has 0 fully saturated rings. The summed E-state index contributed by atoms with van der Waals surface area (Å²) < 4.78 is 140. The van der Waals surface area contributed by atoms with Crippen molar-refractivity contribution in [3.8, 4) is 51.4 Å². The third-order valence-electron chi connectivity index (χ3n) is 18.5. The van der Waals surface area contributed by atoms with Crippen molar-refractivity contribution in [1.29, 1.82) is 0 Å². The summed E-state index contributed by atoms with van der Waals surface area (Å²) in [5, 5.41) is 17.0. The number of nitrogens with one attached hydrogen (secondary N) is 9. The number of H-pyrrole nitrogens is 3. The monoisotopic (exact) mass is 1710 g/mol. The van der Waals surface area contributed by atoms with Gasteiger partial charge in [-0.3, -0.25) is 28.8 Å². The van der Waals surface area contributed by atoms with Gasteiger partial charge in [0.05, 0.1) is 75.3 Å². The van der Waals surface area contributed by atoms with Crippen LogP contribution in [0, 0.1) is 0 Å². The number of aromatic amines is 3. The molecular formula is C88H67ClF6N12O13S2. The van der Waals surface area contributed by atoms with Crippen LogP contribution in [0.1, 0.15) is 73.3 Å². The lowest BCUT2D eigenvalue weighted by atomic mass is 10.1. The summed E-state index contributed by atoms with van der Waals surface area (Å²) in [4.78, 5) is 99.3. The Labute approximate surface area is 695 Å². The Morgan fingerprint density at radius 2 is 0.607 bits per heavy atom. The Kier molecular flexibility index (Phi) is 24.9. The molecule has 3 aromatic heterocycles.